The second-order valence-corrected chi connectivity index (χ2v) is 6.71. The summed E-state index contributed by atoms with van der Waals surface area (Å²) in [7, 11) is 0. The lowest BCUT2D eigenvalue weighted by Crippen LogP contribution is -2.46. The maximum absolute atomic E-state index is 11.9. The van der Waals surface area contributed by atoms with E-state index in [4.69, 9.17) is 10.3 Å². The van der Waals surface area contributed by atoms with Crippen LogP contribution in [0, 0.1) is 0 Å². The van der Waals surface area contributed by atoms with Crippen molar-refractivity contribution >= 4 is 23.7 Å². The SMILES string of the molecule is O=C(O)CC[C@@H](NC(=O)CCCCCCC(=O)NCc1ccccc1)C(=O)NO. The van der Waals surface area contributed by atoms with Gasteiger partial charge in [-0.25, -0.2) is 5.48 Å². The molecule has 0 unspecified atom stereocenters. The molecule has 9 nitrogen and oxygen atoms in total. The van der Waals surface area contributed by atoms with Gasteiger partial charge in [0, 0.05) is 25.8 Å². The molecule has 0 radical (unpaired) electrons. The molecule has 1 rings (SSSR count). The first kappa shape index (κ1) is 24.1. The van der Waals surface area contributed by atoms with Crippen LogP contribution >= 0.6 is 0 Å². The number of benzene rings is 1. The molecule has 1 atom stereocenters. The third kappa shape index (κ3) is 11.5. The van der Waals surface area contributed by atoms with Crippen molar-refractivity contribution in [1.82, 2.24) is 16.1 Å². The quantitative estimate of drug-likeness (QED) is 0.179. The highest BCUT2D eigenvalue weighted by molar-refractivity contribution is 5.87. The Hall–Kier alpha value is -2.94. The van der Waals surface area contributed by atoms with Gasteiger partial charge in [0.2, 0.25) is 11.8 Å². The van der Waals surface area contributed by atoms with Gasteiger partial charge in [-0.05, 0) is 24.8 Å². The van der Waals surface area contributed by atoms with Crippen LogP contribution in [0.15, 0.2) is 30.3 Å². The predicted molar refractivity (Wildman–Crippen MR) is 105 cm³/mol. The highest BCUT2D eigenvalue weighted by Gasteiger charge is 2.21. The van der Waals surface area contributed by atoms with Gasteiger partial charge in [-0.1, -0.05) is 43.2 Å². The number of carboxylic acid groups (broad SMARTS) is 1. The average Bonchev–Trinajstić information content (AvgIpc) is 2.72. The van der Waals surface area contributed by atoms with Gasteiger partial charge in [0.25, 0.3) is 5.91 Å². The second kappa shape index (κ2) is 14.1. The van der Waals surface area contributed by atoms with E-state index in [1.165, 1.54) is 5.48 Å². The van der Waals surface area contributed by atoms with Gasteiger partial charge < -0.3 is 15.7 Å². The minimum absolute atomic E-state index is 0.0112. The Morgan fingerprint density at radius 3 is 2.07 bits per heavy atom. The predicted octanol–water partition coefficient (Wildman–Crippen LogP) is 1.50. The molecule has 0 aliphatic carbocycles. The summed E-state index contributed by atoms with van der Waals surface area (Å²) in [6, 6.07) is 8.56. The first-order valence-corrected chi connectivity index (χ1v) is 9.68. The van der Waals surface area contributed by atoms with Crippen molar-refractivity contribution in [3.8, 4) is 0 Å². The Labute approximate surface area is 169 Å². The van der Waals surface area contributed by atoms with E-state index in [1.807, 2.05) is 30.3 Å². The maximum atomic E-state index is 11.9. The number of hydrogen-bond acceptors (Lipinski definition) is 5. The van der Waals surface area contributed by atoms with Crippen LogP contribution in [0.1, 0.15) is 56.9 Å². The van der Waals surface area contributed by atoms with Crippen molar-refractivity contribution in [2.75, 3.05) is 0 Å². The topological polar surface area (TPSA) is 145 Å². The molecule has 0 saturated carbocycles. The fourth-order valence-electron chi connectivity index (χ4n) is 2.69. The summed E-state index contributed by atoms with van der Waals surface area (Å²) in [5.74, 6) is -2.34. The van der Waals surface area contributed by atoms with E-state index in [-0.39, 0.29) is 31.1 Å². The molecule has 0 saturated heterocycles. The monoisotopic (exact) mass is 407 g/mol. The summed E-state index contributed by atoms with van der Waals surface area (Å²) in [4.78, 5) is 45.8. The van der Waals surface area contributed by atoms with Gasteiger partial charge >= 0.3 is 5.97 Å². The number of carboxylic acids is 1. The highest BCUT2D eigenvalue weighted by Crippen LogP contribution is 2.07. The summed E-state index contributed by atoms with van der Waals surface area (Å²) in [6.07, 6.45) is 3.06. The third-order valence-electron chi connectivity index (χ3n) is 4.30. The van der Waals surface area contributed by atoms with E-state index in [0.717, 1.165) is 24.8 Å². The molecule has 0 bridgehead atoms. The van der Waals surface area contributed by atoms with Gasteiger partial charge in [0.1, 0.15) is 6.04 Å². The number of amides is 3. The molecule has 0 spiro atoms. The van der Waals surface area contributed by atoms with Crippen LogP contribution in [0.3, 0.4) is 0 Å². The molecule has 3 amide bonds. The van der Waals surface area contributed by atoms with Crippen molar-refractivity contribution in [2.24, 2.45) is 0 Å². The molecule has 0 aliphatic heterocycles. The van der Waals surface area contributed by atoms with E-state index in [9.17, 15) is 19.2 Å². The first-order valence-electron chi connectivity index (χ1n) is 9.68. The summed E-state index contributed by atoms with van der Waals surface area (Å²) in [6.45, 7) is 0.504. The van der Waals surface area contributed by atoms with Crippen LogP contribution in [0.5, 0.6) is 0 Å². The van der Waals surface area contributed by atoms with E-state index < -0.39 is 17.9 Å². The number of carbonyl (C=O) groups is 4. The lowest BCUT2D eigenvalue weighted by Gasteiger charge is -2.15. The Balaban J connectivity index is 2.13. The van der Waals surface area contributed by atoms with Crippen molar-refractivity contribution in [2.45, 2.75) is 64.0 Å². The summed E-state index contributed by atoms with van der Waals surface area (Å²) in [5, 5.41) is 22.6. The molecule has 1 aromatic rings. The lowest BCUT2D eigenvalue weighted by molar-refractivity contribution is -0.139. The zero-order chi connectivity index (χ0) is 21.5. The average molecular weight is 407 g/mol. The Bertz CT molecular complexity index is 665. The molecular formula is C20H29N3O6. The highest BCUT2D eigenvalue weighted by atomic mass is 16.5. The summed E-state index contributed by atoms with van der Waals surface area (Å²) >= 11 is 0. The van der Waals surface area contributed by atoms with Crippen molar-refractivity contribution in [1.29, 1.82) is 0 Å². The van der Waals surface area contributed by atoms with E-state index >= 15 is 0 Å². The van der Waals surface area contributed by atoms with E-state index in [2.05, 4.69) is 10.6 Å². The number of hydrogen-bond donors (Lipinski definition) is 5. The zero-order valence-corrected chi connectivity index (χ0v) is 16.4. The molecular weight excluding hydrogens is 378 g/mol. The smallest absolute Gasteiger partial charge is 0.303 e. The van der Waals surface area contributed by atoms with Crippen LogP contribution in [0.2, 0.25) is 0 Å². The second-order valence-electron chi connectivity index (χ2n) is 6.71. The van der Waals surface area contributed by atoms with Gasteiger partial charge in [-0.3, -0.25) is 24.4 Å². The first-order chi connectivity index (χ1) is 13.9. The number of nitrogens with one attached hydrogen (secondary N) is 3. The van der Waals surface area contributed by atoms with Crippen molar-refractivity contribution in [3.05, 3.63) is 35.9 Å². The van der Waals surface area contributed by atoms with Crippen LogP contribution in [-0.2, 0) is 25.7 Å². The minimum Gasteiger partial charge on any atom is -0.481 e. The molecule has 160 valence electrons. The largest absolute Gasteiger partial charge is 0.481 e. The molecule has 29 heavy (non-hydrogen) atoms. The Kier molecular flexibility index (Phi) is 11.7. The van der Waals surface area contributed by atoms with Crippen LogP contribution in [0.25, 0.3) is 0 Å². The van der Waals surface area contributed by atoms with E-state index in [1.54, 1.807) is 0 Å². The fraction of sp³-hybridized carbons (Fsp3) is 0.500. The number of unbranched alkanes of at least 4 members (excludes halogenated alkanes) is 3. The normalized spacial score (nSPS) is 11.3. The lowest BCUT2D eigenvalue weighted by atomic mass is 10.1. The van der Waals surface area contributed by atoms with Gasteiger partial charge in [-0.15, -0.1) is 0 Å². The number of hydroxylamine groups is 1. The molecule has 9 heteroatoms. The number of aliphatic carboxylic acids is 1. The molecule has 0 aliphatic rings. The Morgan fingerprint density at radius 2 is 1.48 bits per heavy atom. The van der Waals surface area contributed by atoms with Crippen LogP contribution < -0.4 is 16.1 Å². The fourth-order valence-corrected chi connectivity index (χ4v) is 2.69. The minimum atomic E-state index is -1.09. The molecule has 5 N–H and O–H groups in total. The molecule has 0 fully saturated rings. The van der Waals surface area contributed by atoms with Gasteiger partial charge in [-0.2, -0.15) is 0 Å². The van der Waals surface area contributed by atoms with E-state index in [0.29, 0.717) is 19.4 Å². The summed E-state index contributed by atoms with van der Waals surface area (Å²) in [5.41, 5.74) is 2.47. The Morgan fingerprint density at radius 1 is 0.862 bits per heavy atom. The van der Waals surface area contributed by atoms with Crippen LogP contribution in [-0.4, -0.2) is 40.0 Å². The molecule has 0 heterocycles. The third-order valence-corrected chi connectivity index (χ3v) is 4.30. The zero-order valence-electron chi connectivity index (χ0n) is 16.4. The molecule has 1 aromatic carbocycles. The number of rotatable bonds is 14. The number of carbonyl (C=O) groups excluding carboxylic acids is 3. The van der Waals surface area contributed by atoms with Crippen molar-refractivity contribution in [3.63, 3.8) is 0 Å². The van der Waals surface area contributed by atoms with Gasteiger partial charge in [0.05, 0.1) is 0 Å². The summed E-state index contributed by atoms with van der Waals surface area (Å²) < 4.78 is 0. The van der Waals surface area contributed by atoms with Crippen LogP contribution in [0.4, 0.5) is 0 Å². The molecule has 0 aromatic heterocycles. The maximum Gasteiger partial charge on any atom is 0.303 e. The standard InChI is InChI=1S/C20H29N3O6/c24-17(21-14-15-8-4-3-5-9-15)10-6-1-2-7-11-18(25)22-16(20(28)23-29)12-13-19(26)27/h3-5,8-9,16,29H,1-2,6-7,10-14H2,(H,21,24)(H,22,25)(H,23,28)(H,26,27)/t16-/m1/s1. The van der Waals surface area contributed by atoms with Gasteiger partial charge in [0.15, 0.2) is 0 Å². The van der Waals surface area contributed by atoms with Crippen molar-refractivity contribution < 1.29 is 29.5 Å².